The highest BCUT2D eigenvalue weighted by atomic mass is 32.1. The monoisotopic (exact) mass is 258 g/mol. The largest absolute Gasteiger partial charge is 0.489 e. The summed E-state index contributed by atoms with van der Waals surface area (Å²) in [6.07, 6.45) is 1.68. The molecule has 1 aromatic carbocycles. The van der Waals surface area contributed by atoms with Crippen LogP contribution in [0.5, 0.6) is 5.75 Å². The maximum Gasteiger partial charge on any atom is 0.122 e. The van der Waals surface area contributed by atoms with Gasteiger partial charge in [0, 0.05) is 6.20 Å². The Balaban J connectivity index is 2.06. The number of thiocarbonyl (C=S) groups is 1. The Hall–Kier alpha value is -1.94. The van der Waals surface area contributed by atoms with Crippen LogP contribution in [0.3, 0.4) is 0 Å². The fraction of sp³-hybridized carbons (Fsp3) is 0.143. The number of pyridine rings is 1. The van der Waals surface area contributed by atoms with Crippen molar-refractivity contribution >= 4 is 17.2 Å². The van der Waals surface area contributed by atoms with Gasteiger partial charge in [-0.2, -0.15) is 0 Å². The second-order valence-corrected chi connectivity index (χ2v) is 4.46. The summed E-state index contributed by atoms with van der Waals surface area (Å²) in [5, 5.41) is 0. The van der Waals surface area contributed by atoms with Crippen molar-refractivity contribution in [2.45, 2.75) is 13.5 Å². The zero-order valence-corrected chi connectivity index (χ0v) is 10.9. The fourth-order valence-electron chi connectivity index (χ4n) is 1.57. The number of hydrogen-bond donors (Lipinski definition) is 1. The molecule has 0 spiro atoms. The predicted octanol–water partition coefficient (Wildman–Crippen LogP) is 2.60. The van der Waals surface area contributed by atoms with Crippen LogP contribution in [-0.4, -0.2) is 9.97 Å². The highest BCUT2D eigenvalue weighted by Crippen LogP contribution is 2.14. The van der Waals surface area contributed by atoms with Gasteiger partial charge in [0.15, 0.2) is 0 Å². The van der Waals surface area contributed by atoms with Crippen LogP contribution in [0.15, 0.2) is 42.6 Å². The average Bonchev–Trinajstić information content (AvgIpc) is 2.37. The third-order valence-corrected chi connectivity index (χ3v) is 2.68. The summed E-state index contributed by atoms with van der Waals surface area (Å²) in [6, 6.07) is 11.7. The molecule has 0 unspecified atom stereocenters. The molecule has 0 aliphatic rings. The Morgan fingerprint density at radius 1 is 1.33 bits per heavy atom. The summed E-state index contributed by atoms with van der Waals surface area (Å²) in [7, 11) is 0. The van der Waals surface area contributed by atoms with E-state index in [-0.39, 0.29) is 0 Å². The zero-order chi connectivity index (χ0) is 13.0. The van der Waals surface area contributed by atoms with Crippen molar-refractivity contribution in [3.8, 4) is 5.75 Å². The second-order valence-electron chi connectivity index (χ2n) is 4.02. The third-order valence-electron chi connectivity index (χ3n) is 2.47. The van der Waals surface area contributed by atoms with Crippen molar-refractivity contribution in [3.63, 3.8) is 0 Å². The molecule has 0 radical (unpaired) electrons. The summed E-state index contributed by atoms with van der Waals surface area (Å²) in [5.74, 6) is 0.851. The molecule has 4 heteroatoms. The Kier molecular flexibility index (Phi) is 3.89. The van der Waals surface area contributed by atoms with Crippen LogP contribution in [0.2, 0.25) is 0 Å². The van der Waals surface area contributed by atoms with E-state index in [1.807, 2.05) is 43.3 Å². The van der Waals surface area contributed by atoms with Crippen LogP contribution in [-0.2, 0) is 6.61 Å². The SMILES string of the molecule is Cc1cccc(OCc2ccnc(C(N)=S)c2)c1. The van der Waals surface area contributed by atoms with Crippen LogP contribution < -0.4 is 10.5 Å². The van der Waals surface area contributed by atoms with Gasteiger partial charge in [0.1, 0.15) is 17.3 Å². The highest BCUT2D eigenvalue weighted by molar-refractivity contribution is 7.80. The Labute approximate surface area is 112 Å². The standard InChI is InChI=1S/C14H14N2OS/c1-10-3-2-4-12(7-10)17-9-11-5-6-16-13(8-11)14(15)18/h2-8H,9H2,1H3,(H2,15,18). The number of nitrogens with two attached hydrogens (primary N) is 1. The molecule has 0 atom stereocenters. The molecule has 1 aromatic heterocycles. The number of aromatic nitrogens is 1. The highest BCUT2D eigenvalue weighted by Gasteiger charge is 2.01. The topological polar surface area (TPSA) is 48.1 Å². The van der Waals surface area contributed by atoms with Gasteiger partial charge in [-0.05, 0) is 42.3 Å². The molecule has 0 saturated heterocycles. The lowest BCUT2D eigenvalue weighted by atomic mass is 10.2. The van der Waals surface area contributed by atoms with E-state index in [1.54, 1.807) is 6.20 Å². The van der Waals surface area contributed by atoms with Crippen molar-refractivity contribution < 1.29 is 4.74 Å². The summed E-state index contributed by atoms with van der Waals surface area (Å²) < 4.78 is 5.70. The summed E-state index contributed by atoms with van der Waals surface area (Å²) >= 11 is 4.89. The first kappa shape index (κ1) is 12.5. The van der Waals surface area contributed by atoms with E-state index >= 15 is 0 Å². The fourth-order valence-corrected chi connectivity index (χ4v) is 1.68. The van der Waals surface area contributed by atoms with Crippen molar-refractivity contribution in [3.05, 3.63) is 59.4 Å². The van der Waals surface area contributed by atoms with Crippen LogP contribution in [0, 0.1) is 6.92 Å². The van der Waals surface area contributed by atoms with Gasteiger partial charge in [-0.1, -0.05) is 24.4 Å². The van der Waals surface area contributed by atoms with Gasteiger partial charge >= 0.3 is 0 Å². The van der Waals surface area contributed by atoms with Crippen molar-refractivity contribution in [2.75, 3.05) is 0 Å². The molecule has 0 fully saturated rings. The van der Waals surface area contributed by atoms with Crippen molar-refractivity contribution in [1.82, 2.24) is 4.98 Å². The molecule has 0 aliphatic heterocycles. The van der Waals surface area contributed by atoms with Gasteiger partial charge in [0.05, 0.1) is 5.69 Å². The van der Waals surface area contributed by atoms with E-state index in [1.165, 1.54) is 5.56 Å². The van der Waals surface area contributed by atoms with E-state index in [0.717, 1.165) is 11.3 Å². The zero-order valence-electron chi connectivity index (χ0n) is 10.1. The van der Waals surface area contributed by atoms with E-state index < -0.39 is 0 Å². The lowest BCUT2D eigenvalue weighted by Crippen LogP contribution is -2.12. The molecule has 0 amide bonds. The molecule has 0 bridgehead atoms. The first-order chi connectivity index (χ1) is 8.65. The maximum atomic E-state index is 5.70. The van der Waals surface area contributed by atoms with Crippen LogP contribution >= 0.6 is 12.2 Å². The molecule has 0 saturated carbocycles. The number of aryl methyl sites for hydroxylation is 1. The van der Waals surface area contributed by atoms with Crippen molar-refractivity contribution in [1.29, 1.82) is 0 Å². The first-order valence-electron chi connectivity index (χ1n) is 5.59. The molecule has 1 heterocycles. The number of nitrogens with zero attached hydrogens (tertiary/aromatic N) is 1. The quantitative estimate of drug-likeness (QED) is 0.856. The lowest BCUT2D eigenvalue weighted by Gasteiger charge is -2.07. The van der Waals surface area contributed by atoms with Gasteiger partial charge in [0.25, 0.3) is 0 Å². The molecule has 3 nitrogen and oxygen atoms in total. The third kappa shape index (κ3) is 3.28. The van der Waals surface area contributed by atoms with Gasteiger partial charge in [-0.3, -0.25) is 4.98 Å². The molecule has 2 N–H and O–H groups in total. The minimum Gasteiger partial charge on any atom is -0.489 e. The number of hydrogen-bond acceptors (Lipinski definition) is 3. The van der Waals surface area contributed by atoms with Gasteiger partial charge in [-0.25, -0.2) is 0 Å². The summed E-state index contributed by atoms with van der Waals surface area (Å²) in [4.78, 5) is 4.38. The van der Waals surface area contributed by atoms with E-state index in [4.69, 9.17) is 22.7 Å². The van der Waals surface area contributed by atoms with Gasteiger partial charge < -0.3 is 10.5 Å². The van der Waals surface area contributed by atoms with Gasteiger partial charge in [0.2, 0.25) is 0 Å². The van der Waals surface area contributed by atoms with Gasteiger partial charge in [-0.15, -0.1) is 0 Å². The molecular weight excluding hydrogens is 244 g/mol. The average molecular weight is 258 g/mol. The first-order valence-corrected chi connectivity index (χ1v) is 6.00. The minimum atomic E-state index is 0.299. The molecule has 18 heavy (non-hydrogen) atoms. The Morgan fingerprint density at radius 3 is 2.89 bits per heavy atom. The predicted molar refractivity (Wildman–Crippen MR) is 75.6 cm³/mol. The van der Waals surface area contributed by atoms with E-state index in [2.05, 4.69) is 4.98 Å². The Morgan fingerprint density at radius 2 is 2.17 bits per heavy atom. The molecule has 2 aromatic rings. The summed E-state index contributed by atoms with van der Waals surface area (Å²) in [5.41, 5.74) is 8.33. The molecule has 2 rings (SSSR count). The maximum absolute atomic E-state index is 5.70. The van der Waals surface area contributed by atoms with Crippen molar-refractivity contribution in [2.24, 2.45) is 5.73 Å². The van der Waals surface area contributed by atoms with Crippen LogP contribution in [0.25, 0.3) is 0 Å². The second kappa shape index (κ2) is 5.60. The Bertz CT molecular complexity index is 569. The molecular formula is C14H14N2OS. The van der Waals surface area contributed by atoms with E-state index in [0.29, 0.717) is 17.3 Å². The van der Waals surface area contributed by atoms with E-state index in [9.17, 15) is 0 Å². The normalized spacial score (nSPS) is 10.1. The van der Waals surface area contributed by atoms with Crippen LogP contribution in [0.1, 0.15) is 16.8 Å². The smallest absolute Gasteiger partial charge is 0.122 e. The molecule has 92 valence electrons. The number of rotatable bonds is 4. The molecule has 0 aliphatic carbocycles. The number of benzene rings is 1. The number of ether oxygens (including phenoxy) is 1. The minimum absolute atomic E-state index is 0.299. The van der Waals surface area contributed by atoms with Crippen LogP contribution in [0.4, 0.5) is 0 Å². The summed E-state index contributed by atoms with van der Waals surface area (Å²) in [6.45, 7) is 2.51. The lowest BCUT2D eigenvalue weighted by molar-refractivity contribution is 0.306.